The molecule has 0 N–H and O–H groups in total. The van der Waals surface area contributed by atoms with Crippen molar-refractivity contribution in [2.24, 2.45) is 23.7 Å². The van der Waals surface area contributed by atoms with E-state index in [1.54, 1.807) is 12.1 Å². The zero-order valence-corrected chi connectivity index (χ0v) is 15.6. The Hall–Kier alpha value is -0.640. The lowest BCUT2D eigenvalue weighted by molar-refractivity contribution is -0.0769. The Kier molecular flexibility index (Phi) is 4.30. The molecule has 4 saturated carbocycles. The summed E-state index contributed by atoms with van der Waals surface area (Å²) in [5.74, 6) is 3.84. The van der Waals surface area contributed by atoms with E-state index >= 15 is 0 Å². The van der Waals surface area contributed by atoms with E-state index in [1.165, 1.54) is 38.2 Å². The van der Waals surface area contributed by atoms with Crippen LogP contribution in [0.3, 0.4) is 0 Å². The molecule has 1 aliphatic heterocycles. The van der Waals surface area contributed by atoms with Crippen LogP contribution in [0.4, 0.5) is 4.39 Å². The van der Waals surface area contributed by atoms with Gasteiger partial charge in [-0.15, -0.1) is 0 Å². The van der Waals surface area contributed by atoms with Crippen LogP contribution in [0.15, 0.2) is 18.2 Å². The van der Waals surface area contributed by atoms with E-state index in [0.29, 0.717) is 17.1 Å². The summed E-state index contributed by atoms with van der Waals surface area (Å²) in [7, 11) is 0. The molecule has 5 fully saturated rings. The molecule has 0 radical (unpaired) electrons. The van der Waals surface area contributed by atoms with E-state index < -0.39 is 0 Å². The van der Waals surface area contributed by atoms with E-state index in [9.17, 15) is 4.39 Å². The molecule has 1 saturated heterocycles. The van der Waals surface area contributed by atoms with E-state index in [0.717, 1.165) is 55.9 Å². The fourth-order valence-corrected chi connectivity index (χ4v) is 6.84. The highest BCUT2D eigenvalue weighted by Gasteiger charge is 2.50. The molecule has 4 aliphatic carbocycles. The van der Waals surface area contributed by atoms with Gasteiger partial charge in [0, 0.05) is 49.4 Å². The van der Waals surface area contributed by atoms with Gasteiger partial charge in [-0.25, -0.2) is 4.39 Å². The minimum atomic E-state index is -0.170. The van der Waals surface area contributed by atoms with Crippen molar-refractivity contribution < 1.29 is 4.39 Å². The molecule has 0 unspecified atom stereocenters. The topological polar surface area (TPSA) is 6.48 Å². The molecule has 0 amide bonds. The van der Waals surface area contributed by atoms with Crippen molar-refractivity contribution in [2.45, 2.75) is 44.7 Å². The zero-order valence-electron chi connectivity index (χ0n) is 14.8. The van der Waals surface area contributed by atoms with Gasteiger partial charge in [-0.05, 0) is 67.9 Å². The van der Waals surface area contributed by atoms with Crippen molar-refractivity contribution in [3.63, 3.8) is 0 Å². The maximum atomic E-state index is 14.0. The summed E-state index contributed by atoms with van der Waals surface area (Å²) >= 11 is 6.20. The Bertz CT molecular complexity index is 593. The maximum absolute atomic E-state index is 14.0. The normalized spacial score (nSPS) is 38.4. The van der Waals surface area contributed by atoms with Gasteiger partial charge in [0.05, 0.1) is 0 Å². The van der Waals surface area contributed by atoms with Crippen LogP contribution < -0.4 is 0 Å². The quantitative estimate of drug-likeness (QED) is 0.785. The average molecular weight is 363 g/mol. The molecular weight excluding hydrogens is 335 g/mol. The van der Waals surface area contributed by atoms with Gasteiger partial charge in [0.25, 0.3) is 0 Å². The summed E-state index contributed by atoms with van der Waals surface area (Å²) in [6.45, 7) is 4.99. The van der Waals surface area contributed by atoms with Crippen molar-refractivity contribution in [1.82, 2.24) is 9.80 Å². The summed E-state index contributed by atoms with van der Waals surface area (Å²) in [6, 6.07) is 5.84. The predicted molar refractivity (Wildman–Crippen MR) is 99.1 cm³/mol. The molecule has 0 atom stereocenters. The van der Waals surface area contributed by atoms with E-state index in [4.69, 9.17) is 11.6 Å². The molecule has 2 nitrogen and oxygen atoms in total. The lowest BCUT2D eigenvalue weighted by Gasteiger charge is -2.58. The Morgan fingerprint density at radius 3 is 2.16 bits per heavy atom. The monoisotopic (exact) mass is 362 g/mol. The zero-order chi connectivity index (χ0) is 17.0. The molecule has 0 aromatic heterocycles. The first-order valence-corrected chi connectivity index (χ1v) is 10.4. The van der Waals surface area contributed by atoms with E-state index in [-0.39, 0.29) is 5.82 Å². The van der Waals surface area contributed by atoms with Crippen LogP contribution in [0.25, 0.3) is 0 Å². The van der Waals surface area contributed by atoms with Crippen LogP contribution in [-0.4, -0.2) is 42.0 Å². The molecule has 5 aliphatic rings. The smallest absolute Gasteiger partial charge is 0.129 e. The third kappa shape index (κ3) is 3.02. The van der Waals surface area contributed by atoms with Gasteiger partial charge < -0.3 is 0 Å². The Morgan fingerprint density at radius 2 is 1.56 bits per heavy atom. The highest BCUT2D eigenvalue weighted by atomic mass is 35.5. The number of benzene rings is 1. The Balaban J connectivity index is 1.22. The van der Waals surface area contributed by atoms with Crippen molar-refractivity contribution in [2.75, 3.05) is 26.2 Å². The Morgan fingerprint density at radius 1 is 0.920 bits per heavy atom. The molecule has 6 rings (SSSR count). The second-order valence-corrected chi connectivity index (χ2v) is 9.34. The van der Waals surface area contributed by atoms with Gasteiger partial charge in [0.2, 0.25) is 0 Å². The van der Waals surface area contributed by atoms with Crippen molar-refractivity contribution >= 4 is 11.6 Å². The summed E-state index contributed by atoms with van der Waals surface area (Å²) in [6.07, 6.45) is 7.48. The molecule has 1 aromatic rings. The van der Waals surface area contributed by atoms with Crippen LogP contribution >= 0.6 is 11.6 Å². The number of piperazine rings is 1. The first-order valence-electron chi connectivity index (χ1n) is 10.1. The van der Waals surface area contributed by atoms with Gasteiger partial charge in [0.1, 0.15) is 5.82 Å². The van der Waals surface area contributed by atoms with Gasteiger partial charge >= 0.3 is 0 Å². The highest BCUT2D eigenvalue weighted by Crippen LogP contribution is 2.55. The second-order valence-electron chi connectivity index (χ2n) is 8.93. The summed E-state index contributed by atoms with van der Waals surface area (Å²) in [5.41, 5.74) is 0.659. The number of rotatable bonds is 3. The van der Waals surface area contributed by atoms with Gasteiger partial charge in [-0.2, -0.15) is 0 Å². The standard InChI is InChI=1S/C21H28ClFN2/c22-19-2-1-3-20(23)18(19)13-24-4-6-25(7-5-24)21-16-9-14-8-15(11-16)12-17(21)10-14/h1-3,14-17,21H,4-13H2. The molecule has 4 bridgehead atoms. The summed E-state index contributed by atoms with van der Waals surface area (Å²) < 4.78 is 14.0. The molecule has 0 spiro atoms. The fraction of sp³-hybridized carbons (Fsp3) is 0.714. The maximum Gasteiger partial charge on any atom is 0.129 e. The third-order valence-electron chi connectivity index (χ3n) is 7.45. The number of hydrogen-bond donors (Lipinski definition) is 0. The second kappa shape index (κ2) is 6.51. The molecule has 25 heavy (non-hydrogen) atoms. The lowest BCUT2D eigenvalue weighted by atomic mass is 9.54. The van der Waals surface area contributed by atoms with Gasteiger partial charge in [0.15, 0.2) is 0 Å². The molecular formula is C21H28ClFN2. The molecule has 1 heterocycles. The van der Waals surface area contributed by atoms with Gasteiger partial charge in [-0.1, -0.05) is 17.7 Å². The number of hydrogen-bond acceptors (Lipinski definition) is 2. The average Bonchev–Trinajstić information content (AvgIpc) is 2.59. The van der Waals surface area contributed by atoms with Crippen LogP contribution in [0.2, 0.25) is 5.02 Å². The fourth-order valence-electron chi connectivity index (χ4n) is 6.62. The van der Waals surface area contributed by atoms with Crippen LogP contribution in [0.1, 0.15) is 37.7 Å². The summed E-state index contributed by atoms with van der Waals surface area (Å²) in [4.78, 5) is 5.16. The highest BCUT2D eigenvalue weighted by molar-refractivity contribution is 6.31. The SMILES string of the molecule is Fc1cccc(Cl)c1CN1CCN(C2C3CC4CC(C3)CC2C4)CC1. The van der Waals surface area contributed by atoms with E-state index in [1.807, 2.05) is 0 Å². The van der Waals surface area contributed by atoms with Crippen LogP contribution in [0.5, 0.6) is 0 Å². The lowest BCUT2D eigenvalue weighted by Crippen LogP contribution is -2.60. The minimum Gasteiger partial charge on any atom is -0.297 e. The Labute approximate surface area is 155 Å². The van der Waals surface area contributed by atoms with Crippen LogP contribution in [-0.2, 0) is 6.54 Å². The first-order chi connectivity index (χ1) is 12.2. The first kappa shape index (κ1) is 16.5. The summed E-state index contributed by atoms with van der Waals surface area (Å²) in [5, 5.41) is 0.559. The number of halogens is 2. The molecule has 4 heteroatoms. The molecule has 1 aromatic carbocycles. The molecule has 136 valence electrons. The third-order valence-corrected chi connectivity index (χ3v) is 7.80. The van der Waals surface area contributed by atoms with E-state index in [2.05, 4.69) is 9.80 Å². The van der Waals surface area contributed by atoms with Crippen molar-refractivity contribution in [3.05, 3.63) is 34.6 Å². The largest absolute Gasteiger partial charge is 0.297 e. The predicted octanol–water partition coefficient (Wildman–Crippen LogP) is 4.42. The van der Waals surface area contributed by atoms with Crippen LogP contribution in [0, 0.1) is 29.5 Å². The number of nitrogens with zero attached hydrogens (tertiary/aromatic N) is 2. The van der Waals surface area contributed by atoms with Crippen molar-refractivity contribution in [3.8, 4) is 0 Å². The van der Waals surface area contributed by atoms with Gasteiger partial charge in [-0.3, -0.25) is 9.80 Å². The van der Waals surface area contributed by atoms with Crippen molar-refractivity contribution in [1.29, 1.82) is 0 Å². The minimum absolute atomic E-state index is 0.170.